The second kappa shape index (κ2) is 5.36. The number of rotatable bonds is 2. The van der Waals surface area contributed by atoms with Crippen LogP contribution in [0.15, 0.2) is 18.2 Å². The van der Waals surface area contributed by atoms with E-state index in [1.54, 1.807) is 10.4 Å². The molecule has 0 atom stereocenters. The summed E-state index contributed by atoms with van der Waals surface area (Å²) in [5.41, 5.74) is 6.06. The summed E-state index contributed by atoms with van der Waals surface area (Å²) in [6, 6.07) is 6.19. The number of hydrogen-bond donors (Lipinski definition) is 1. The molecule has 1 aliphatic carbocycles. The fourth-order valence-electron chi connectivity index (χ4n) is 3.22. The largest absolute Gasteiger partial charge is 0.429 e. The predicted molar refractivity (Wildman–Crippen MR) is 94.6 cm³/mol. The average molecular weight is 319 g/mol. The molecule has 0 N–H and O–H groups in total. The minimum atomic E-state index is 0.432. The van der Waals surface area contributed by atoms with Crippen molar-refractivity contribution < 1.29 is 4.18 Å². The second-order valence-electron chi connectivity index (χ2n) is 6.87. The monoisotopic (exact) mass is 318 g/mol. The first kappa shape index (κ1) is 15.0. The Kier molecular flexibility index (Phi) is 3.83. The van der Waals surface area contributed by atoms with Gasteiger partial charge in [-0.25, -0.2) is 0 Å². The third-order valence-electron chi connectivity index (χ3n) is 4.60. The first-order valence-electron chi connectivity index (χ1n) is 7.45. The molecular formula is C18H22OS2. The maximum atomic E-state index is 5.11. The quantitative estimate of drug-likeness (QED) is 0.546. The summed E-state index contributed by atoms with van der Waals surface area (Å²) >= 11 is 5.90. The number of benzene rings is 1. The van der Waals surface area contributed by atoms with Crippen molar-refractivity contribution in [3.05, 3.63) is 39.8 Å². The lowest BCUT2D eigenvalue weighted by atomic mass is 9.76. The van der Waals surface area contributed by atoms with Crippen LogP contribution in [0.5, 0.6) is 5.75 Å². The Labute approximate surface area is 137 Å². The van der Waals surface area contributed by atoms with Crippen LogP contribution in [0.4, 0.5) is 0 Å². The van der Waals surface area contributed by atoms with Crippen molar-refractivity contribution in [2.75, 3.05) is 0 Å². The zero-order valence-electron chi connectivity index (χ0n) is 13.1. The van der Waals surface area contributed by atoms with Gasteiger partial charge in [0.15, 0.2) is 0 Å². The molecule has 1 nitrogen and oxygen atoms in total. The number of fused-ring (bicyclic) bond motifs is 1. The van der Waals surface area contributed by atoms with E-state index >= 15 is 0 Å². The summed E-state index contributed by atoms with van der Waals surface area (Å²) in [5, 5.41) is 0. The molecular weight excluding hydrogens is 296 g/mol. The molecule has 0 fully saturated rings. The standard InChI is InChI=1S/C18H22OS2/c1-11-5-6-13(19-20)9-14(11)17-12(2)15-10-18(3,4)8-7-16(15)21-17/h5-6,9,20H,7-8,10H2,1-4H3. The van der Waals surface area contributed by atoms with Gasteiger partial charge in [0.05, 0.1) is 0 Å². The first-order chi connectivity index (χ1) is 9.91. The maximum absolute atomic E-state index is 5.11. The van der Waals surface area contributed by atoms with Crippen LogP contribution >= 0.6 is 24.2 Å². The van der Waals surface area contributed by atoms with E-state index in [4.69, 9.17) is 4.18 Å². The third kappa shape index (κ3) is 2.74. The van der Waals surface area contributed by atoms with Gasteiger partial charge >= 0.3 is 0 Å². The summed E-state index contributed by atoms with van der Waals surface area (Å²) in [6.07, 6.45) is 3.71. The molecule has 1 aliphatic rings. The van der Waals surface area contributed by atoms with Crippen molar-refractivity contribution in [3.8, 4) is 16.2 Å². The normalized spacial score (nSPS) is 16.6. The Bertz CT molecular complexity index is 683. The third-order valence-corrected chi connectivity index (χ3v) is 6.24. The highest BCUT2D eigenvalue weighted by atomic mass is 32.1. The smallest absolute Gasteiger partial charge is 0.137 e. The van der Waals surface area contributed by atoms with E-state index in [0.717, 1.165) is 5.75 Å². The maximum Gasteiger partial charge on any atom is 0.137 e. The molecule has 0 saturated heterocycles. The van der Waals surface area contributed by atoms with Crippen molar-refractivity contribution in [1.29, 1.82) is 0 Å². The van der Waals surface area contributed by atoms with Crippen LogP contribution in [0.1, 0.15) is 41.8 Å². The van der Waals surface area contributed by atoms with Gasteiger partial charge in [0.2, 0.25) is 0 Å². The van der Waals surface area contributed by atoms with Crippen LogP contribution in [0.25, 0.3) is 10.4 Å². The predicted octanol–water partition coefficient (Wildman–Crippen LogP) is 5.77. The van der Waals surface area contributed by atoms with E-state index in [-0.39, 0.29) is 0 Å². The summed E-state index contributed by atoms with van der Waals surface area (Å²) in [5.74, 6) is 0.810. The average Bonchev–Trinajstić information content (AvgIpc) is 2.75. The van der Waals surface area contributed by atoms with Crippen molar-refractivity contribution in [3.63, 3.8) is 0 Å². The van der Waals surface area contributed by atoms with Crippen molar-refractivity contribution in [2.24, 2.45) is 5.41 Å². The second-order valence-corrected chi connectivity index (χ2v) is 8.15. The van der Waals surface area contributed by atoms with E-state index in [0.29, 0.717) is 5.41 Å². The van der Waals surface area contributed by atoms with E-state index < -0.39 is 0 Å². The van der Waals surface area contributed by atoms with Crippen LogP contribution in [-0.2, 0) is 12.8 Å². The summed E-state index contributed by atoms with van der Waals surface area (Å²) in [6.45, 7) is 9.21. The Balaban J connectivity index is 2.11. The van der Waals surface area contributed by atoms with Crippen LogP contribution in [0.3, 0.4) is 0 Å². The summed E-state index contributed by atoms with van der Waals surface area (Å²) in [4.78, 5) is 2.99. The van der Waals surface area contributed by atoms with Gasteiger partial charge in [0, 0.05) is 22.7 Å². The van der Waals surface area contributed by atoms with Crippen LogP contribution in [0.2, 0.25) is 0 Å². The van der Waals surface area contributed by atoms with Gasteiger partial charge in [-0.1, -0.05) is 19.9 Å². The molecule has 1 aromatic carbocycles. The lowest BCUT2D eigenvalue weighted by Gasteiger charge is -2.29. The number of thiol groups is 1. The van der Waals surface area contributed by atoms with Crippen LogP contribution in [-0.4, -0.2) is 0 Å². The van der Waals surface area contributed by atoms with Crippen molar-refractivity contribution in [2.45, 2.75) is 47.0 Å². The molecule has 0 aliphatic heterocycles. The summed E-state index contributed by atoms with van der Waals surface area (Å²) < 4.78 is 5.11. The minimum absolute atomic E-state index is 0.432. The van der Waals surface area contributed by atoms with E-state index in [1.807, 2.05) is 17.4 Å². The van der Waals surface area contributed by atoms with Crippen LogP contribution in [0, 0.1) is 19.3 Å². The highest BCUT2D eigenvalue weighted by Crippen LogP contribution is 2.45. The lowest BCUT2D eigenvalue weighted by Crippen LogP contribution is -2.21. The molecule has 3 heteroatoms. The Hall–Kier alpha value is -0.930. The lowest BCUT2D eigenvalue weighted by molar-refractivity contribution is 0.317. The van der Waals surface area contributed by atoms with Gasteiger partial charge in [0.1, 0.15) is 5.75 Å². The molecule has 0 spiro atoms. The van der Waals surface area contributed by atoms with Crippen molar-refractivity contribution in [1.82, 2.24) is 0 Å². The van der Waals surface area contributed by atoms with Crippen molar-refractivity contribution >= 4 is 24.2 Å². The highest BCUT2D eigenvalue weighted by Gasteiger charge is 2.29. The minimum Gasteiger partial charge on any atom is -0.429 e. The molecule has 112 valence electrons. The van der Waals surface area contributed by atoms with Gasteiger partial charge in [-0.15, -0.1) is 11.3 Å². The van der Waals surface area contributed by atoms with Gasteiger partial charge < -0.3 is 4.18 Å². The topological polar surface area (TPSA) is 9.23 Å². The number of aryl methyl sites for hydroxylation is 2. The molecule has 1 heterocycles. The number of thiophene rings is 1. The SMILES string of the molecule is Cc1ccc(OS)cc1-c1sc2c(c1C)CC(C)(C)CC2. The molecule has 0 saturated carbocycles. The van der Waals surface area contributed by atoms with E-state index in [9.17, 15) is 0 Å². The molecule has 0 unspecified atom stereocenters. The zero-order valence-corrected chi connectivity index (χ0v) is 14.8. The Morgan fingerprint density at radius 3 is 2.71 bits per heavy atom. The van der Waals surface area contributed by atoms with E-state index in [2.05, 4.69) is 52.7 Å². The molecule has 1 aromatic heterocycles. The van der Waals surface area contributed by atoms with E-state index in [1.165, 1.54) is 40.8 Å². The molecule has 0 bridgehead atoms. The molecule has 3 rings (SSSR count). The summed E-state index contributed by atoms with van der Waals surface area (Å²) in [7, 11) is 0. The Morgan fingerprint density at radius 1 is 1.24 bits per heavy atom. The fraction of sp³-hybridized carbons (Fsp3) is 0.444. The first-order valence-corrected chi connectivity index (χ1v) is 8.63. The molecule has 21 heavy (non-hydrogen) atoms. The van der Waals surface area contributed by atoms with Gasteiger partial charge in [-0.2, -0.15) is 0 Å². The van der Waals surface area contributed by atoms with Crippen LogP contribution < -0.4 is 4.18 Å². The fourth-order valence-corrected chi connectivity index (χ4v) is 4.74. The highest BCUT2D eigenvalue weighted by molar-refractivity contribution is 7.75. The van der Waals surface area contributed by atoms with Gasteiger partial charge in [-0.3, -0.25) is 0 Å². The number of hydrogen-bond acceptors (Lipinski definition) is 3. The Morgan fingerprint density at radius 2 is 2.00 bits per heavy atom. The van der Waals surface area contributed by atoms with Gasteiger partial charge in [0.25, 0.3) is 0 Å². The zero-order chi connectivity index (χ0) is 15.2. The molecule has 0 amide bonds. The molecule has 2 aromatic rings. The van der Waals surface area contributed by atoms with Gasteiger partial charge in [-0.05, 0) is 72.9 Å². The molecule has 0 radical (unpaired) electrons.